The Kier molecular flexibility index (Phi) is 7.65. The quantitative estimate of drug-likeness (QED) is 0.197. The maximum atomic E-state index is 13.4. The van der Waals surface area contributed by atoms with Gasteiger partial charge in [0, 0.05) is 36.1 Å². The molecule has 0 radical (unpaired) electrons. The molecule has 8 nitrogen and oxygen atoms in total. The average Bonchev–Trinajstić information content (AvgIpc) is 3.50. The Labute approximate surface area is 238 Å². The van der Waals surface area contributed by atoms with Gasteiger partial charge in [0.25, 0.3) is 0 Å². The second-order valence-electron chi connectivity index (χ2n) is 10.4. The Morgan fingerprint density at radius 3 is 2.61 bits per heavy atom. The van der Waals surface area contributed by atoms with Crippen LogP contribution in [0.4, 0.5) is 5.82 Å². The first-order valence-corrected chi connectivity index (χ1v) is 14.0. The van der Waals surface area contributed by atoms with Gasteiger partial charge in [-0.05, 0) is 92.3 Å². The van der Waals surface area contributed by atoms with E-state index in [4.69, 9.17) is 15.2 Å². The third-order valence-electron chi connectivity index (χ3n) is 7.65. The molecule has 1 fully saturated rings. The molecule has 1 unspecified atom stereocenters. The molecule has 1 aliphatic rings. The first-order chi connectivity index (χ1) is 20.0. The fraction of sp³-hybridized carbons (Fsp3) is 0.242. The molecule has 5 aromatic rings. The van der Waals surface area contributed by atoms with Gasteiger partial charge >= 0.3 is 0 Å². The van der Waals surface area contributed by atoms with Crippen LogP contribution in [-0.4, -0.2) is 39.5 Å². The summed E-state index contributed by atoms with van der Waals surface area (Å²) < 4.78 is 12.9. The van der Waals surface area contributed by atoms with Crippen LogP contribution in [0.1, 0.15) is 58.5 Å². The summed E-state index contributed by atoms with van der Waals surface area (Å²) in [6.07, 6.45) is 6.06. The summed E-state index contributed by atoms with van der Waals surface area (Å²) in [7, 11) is 0. The number of anilines is 1. The number of aromatic nitrogens is 3. The fourth-order valence-electron chi connectivity index (χ4n) is 5.33. The number of fused-ring (bicyclic) bond motifs is 1. The topological polar surface area (TPSA) is 112 Å². The SMILES string of the molecule is Nc1c(C(=O)c2cc3cc(C(=O)CCC4CCCOCC4)ccc3[nH]2)cnn1-c1ccc(Oc2ccccc2)cc1. The summed E-state index contributed by atoms with van der Waals surface area (Å²) in [5, 5.41) is 5.17. The number of Topliss-reactive ketones (excluding diaryl/α,β-unsaturated/α-hetero) is 1. The largest absolute Gasteiger partial charge is 0.457 e. The van der Waals surface area contributed by atoms with Gasteiger partial charge in [-0.25, -0.2) is 4.68 Å². The van der Waals surface area contributed by atoms with Crippen LogP contribution in [-0.2, 0) is 4.74 Å². The van der Waals surface area contributed by atoms with E-state index in [9.17, 15) is 9.59 Å². The van der Waals surface area contributed by atoms with Gasteiger partial charge in [0.05, 0.1) is 23.1 Å². The number of aromatic amines is 1. The highest BCUT2D eigenvalue weighted by Crippen LogP contribution is 2.27. The Morgan fingerprint density at radius 1 is 0.976 bits per heavy atom. The zero-order valence-corrected chi connectivity index (χ0v) is 22.7. The number of carbonyl (C=O) groups excluding carboxylic acids is 2. The molecule has 3 N–H and O–H groups in total. The fourth-order valence-corrected chi connectivity index (χ4v) is 5.33. The third kappa shape index (κ3) is 5.93. The Bertz CT molecular complexity index is 1660. The number of nitrogen functional groups attached to an aromatic ring is 1. The molecule has 3 aromatic carbocycles. The van der Waals surface area contributed by atoms with Crippen LogP contribution in [0.3, 0.4) is 0 Å². The molecule has 1 aliphatic heterocycles. The summed E-state index contributed by atoms with van der Waals surface area (Å²) >= 11 is 0. The number of hydrogen-bond acceptors (Lipinski definition) is 6. The summed E-state index contributed by atoms with van der Waals surface area (Å²) in [6, 6.07) is 24.1. The second kappa shape index (κ2) is 11.8. The lowest BCUT2D eigenvalue weighted by atomic mass is 9.93. The van der Waals surface area contributed by atoms with Crippen molar-refractivity contribution in [3.63, 3.8) is 0 Å². The molecule has 1 atom stereocenters. The van der Waals surface area contributed by atoms with Gasteiger partial charge in [0.2, 0.25) is 5.78 Å². The lowest BCUT2D eigenvalue weighted by Gasteiger charge is -2.12. The standard InChI is InChI=1S/C33H32N4O4/c34-33-28(21-35-37(33)25-10-12-27(13-11-25)41-26-6-2-1-3-7-26)32(39)30-20-24-19-23(9-14-29(24)36-30)31(38)15-8-22-5-4-17-40-18-16-22/h1-3,6-7,9-14,19-22,36H,4-5,8,15-18,34H2. The molecule has 41 heavy (non-hydrogen) atoms. The van der Waals surface area contributed by atoms with E-state index in [0.29, 0.717) is 40.6 Å². The number of para-hydroxylation sites is 1. The van der Waals surface area contributed by atoms with Crippen LogP contribution in [0, 0.1) is 5.92 Å². The number of H-pyrrole nitrogens is 1. The summed E-state index contributed by atoms with van der Waals surface area (Å²) in [5.74, 6) is 2.05. The number of nitrogens with two attached hydrogens (primary N) is 1. The summed E-state index contributed by atoms with van der Waals surface area (Å²) in [6.45, 7) is 1.60. The molecule has 3 heterocycles. The molecule has 0 saturated carbocycles. The normalized spacial score (nSPS) is 15.5. The smallest absolute Gasteiger partial charge is 0.214 e. The van der Waals surface area contributed by atoms with Crippen molar-refractivity contribution in [1.82, 2.24) is 14.8 Å². The number of ketones is 2. The van der Waals surface area contributed by atoms with Crippen LogP contribution in [0.2, 0.25) is 0 Å². The minimum Gasteiger partial charge on any atom is -0.457 e. The second-order valence-corrected chi connectivity index (χ2v) is 10.4. The van der Waals surface area contributed by atoms with E-state index in [1.807, 2.05) is 72.8 Å². The van der Waals surface area contributed by atoms with Crippen LogP contribution < -0.4 is 10.5 Å². The zero-order valence-electron chi connectivity index (χ0n) is 22.7. The van der Waals surface area contributed by atoms with Crippen LogP contribution in [0.25, 0.3) is 16.6 Å². The number of ether oxygens (including phenoxy) is 2. The van der Waals surface area contributed by atoms with Crippen molar-refractivity contribution in [2.24, 2.45) is 5.92 Å². The van der Waals surface area contributed by atoms with Crippen LogP contribution >= 0.6 is 0 Å². The predicted octanol–water partition coefficient (Wildman–Crippen LogP) is 6.74. The molecule has 208 valence electrons. The molecule has 2 aromatic heterocycles. The van der Waals surface area contributed by atoms with Gasteiger partial charge in [-0.2, -0.15) is 5.10 Å². The van der Waals surface area contributed by atoms with Crippen molar-refractivity contribution >= 4 is 28.3 Å². The van der Waals surface area contributed by atoms with Gasteiger partial charge in [0.15, 0.2) is 5.78 Å². The number of carbonyl (C=O) groups is 2. The number of hydrogen-bond donors (Lipinski definition) is 2. The molecular weight excluding hydrogens is 516 g/mol. The molecule has 0 spiro atoms. The average molecular weight is 549 g/mol. The Balaban J connectivity index is 1.15. The molecular formula is C33H32N4O4. The summed E-state index contributed by atoms with van der Waals surface area (Å²) in [5.41, 5.74) is 9.22. The Hall–Kier alpha value is -4.69. The van der Waals surface area contributed by atoms with E-state index in [0.717, 1.165) is 55.5 Å². The highest BCUT2D eigenvalue weighted by atomic mass is 16.5. The molecule has 0 amide bonds. The highest BCUT2D eigenvalue weighted by Gasteiger charge is 2.21. The maximum absolute atomic E-state index is 13.4. The number of nitrogens with one attached hydrogen (secondary N) is 1. The van der Waals surface area contributed by atoms with E-state index in [1.54, 1.807) is 6.07 Å². The van der Waals surface area contributed by atoms with Gasteiger partial charge in [0.1, 0.15) is 17.3 Å². The van der Waals surface area contributed by atoms with Crippen molar-refractivity contribution in [2.45, 2.75) is 32.1 Å². The summed E-state index contributed by atoms with van der Waals surface area (Å²) in [4.78, 5) is 29.5. The van der Waals surface area contributed by atoms with E-state index >= 15 is 0 Å². The van der Waals surface area contributed by atoms with E-state index < -0.39 is 0 Å². The first kappa shape index (κ1) is 26.5. The van der Waals surface area contributed by atoms with Crippen LogP contribution in [0.15, 0.2) is 85.1 Å². The van der Waals surface area contributed by atoms with Crippen molar-refractivity contribution in [2.75, 3.05) is 18.9 Å². The van der Waals surface area contributed by atoms with Crippen molar-refractivity contribution in [3.05, 3.63) is 102 Å². The van der Waals surface area contributed by atoms with Gasteiger partial charge in [-0.1, -0.05) is 18.2 Å². The highest BCUT2D eigenvalue weighted by molar-refractivity contribution is 6.13. The Morgan fingerprint density at radius 2 is 1.78 bits per heavy atom. The zero-order chi connectivity index (χ0) is 28.2. The minimum atomic E-state index is -0.266. The van der Waals surface area contributed by atoms with Gasteiger partial charge < -0.3 is 20.2 Å². The lowest BCUT2D eigenvalue weighted by molar-refractivity contribution is 0.0969. The van der Waals surface area contributed by atoms with Crippen molar-refractivity contribution < 1.29 is 19.1 Å². The number of nitrogens with zero attached hydrogens (tertiary/aromatic N) is 2. The van der Waals surface area contributed by atoms with E-state index in [2.05, 4.69) is 10.1 Å². The van der Waals surface area contributed by atoms with Crippen LogP contribution in [0.5, 0.6) is 11.5 Å². The van der Waals surface area contributed by atoms with Gasteiger partial charge in [-0.15, -0.1) is 0 Å². The number of benzene rings is 3. The maximum Gasteiger partial charge on any atom is 0.214 e. The number of rotatable bonds is 9. The van der Waals surface area contributed by atoms with E-state index in [-0.39, 0.29) is 17.4 Å². The molecule has 0 aliphatic carbocycles. The predicted molar refractivity (Wildman–Crippen MR) is 158 cm³/mol. The third-order valence-corrected chi connectivity index (χ3v) is 7.65. The first-order valence-electron chi connectivity index (χ1n) is 14.0. The monoisotopic (exact) mass is 548 g/mol. The van der Waals surface area contributed by atoms with Gasteiger partial charge in [-0.3, -0.25) is 9.59 Å². The molecule has 6 rings (SSSR count). The molecule has 0 bridgehead atoms. The van der Waals surface area contributed by atoms with Crippen molar-refractivity contribution in [1.29, 1.82) is 0 Å². The van der Waals surface area contributed by atoms with Crippen molar-refractivity contribution in [3.8, 4) is 17.2 Å². The molecule has 8 heteroatoms. The minimum absolute atomic E-state index is 0.122. The molecule has 1 saturated heterocycles. The van der Waals surface area contributed by atoms with E-state index in [1.165, 1.54) is 10.9 Å². The lowest BCUT2D eigenvalue weighted by Crippen LogP contribution is -2.07.